The van der Waals surface area contributed by atoms with Crippen molar-refractivity contribution in [3.05, 3.63) is 32.7 Å². The maximum absolute atomic E-state index is 5.92. The number of aryl methyl sites for hydroxylation is 2. The molecule has 0 radical (unpaired) electrons. The van der Waals surface area contributed by atoms with Gasteiger partial charge in [-0.3, -0.25) is 0 Å². The maximum Gasteiger partial charge on any atom is 0.125 e. The molecule has 0 aliphatic heterocycles. The number of hydrogen-bond acceptors (Lipinski definition) is 2. The fraction of sp³-hybridized carbons (Fsp3) is 0.500. The normalized spacial score (nSPS) is 10.3. The van der Waals surface area contributed by atoms with Gasteiger partial charge in [-0.25, -0.2) is 0 Å². The summed E-state index contributed by atoms with van der Waals surface area (Å²) in [7, 11) is 0. The van der Waals surface area contributed by atoms with Crippen molar-refractivity contribution in [3.8, 4) is 11.5 Å². The first-order valence-corrected chi connectivity index (χ1v) is 9.22. The molecule has 5 heteroatoms. The van der Waals surface area contributed by atoms with E-state index in [9.17, 15) is 0 Å². The highest BCUT2D eigenvalue weighted by atomic mass is 79.9. The van der Waals surface area contributed by atoms with Crippen LogP contribution in [0.15, 0.2) is 21.6 Å². The molecule has 1 rings (SSSR count). The molecule has 0 saturated heterocycles. The first-order valence-electron chi connectivity index (χ1n) is 7.10. The van der Waals surface area contributed by atoms with Crippen molar-refractivity contribution in [3.63, 3.8) is 0 Å². The maximum atomic E-state index is 5.92. The van der Waals surface area contributed by atoms with E-state index in [1.165, 1.54) is 11.1 Å². The molecule has 0 fully saturated rings. The van der Waals surface area contributed by atoms with Gasteiger partial charge in [0, 0.05) is 5.88 Å². The second kappa shape index (κ2) is 10.5. The minimum atomic E-state index is 0.518. The summed E-state index contributed by atoms with van der Waals surface area (Å²) in [5.74, 6) is 2.50. The number of ether oxygens (including phenoxy) is 2. The third-order valence-electron chi connectivity index (χ3n) is 2.99. The zero-order chi connectivity index (χ0) is 15.7. The molecule has 0 amide bonds. The van der Waals surface area contributed by atoms with Crippen LogP contribution in [0.4, 0.5) is 0 Å². The molecule has 0 spiro atoms. The van der Waals surface area contributed by atoms with Crippen LogP contribution in [-0.2, 0) is 12.8 Å². The van der Waals surface area contributed by atoms with Gasteiger partial charge < -0.3 is 9.47 Å². The summed E-state index contributed by atoms with van der Waals surface area (Å²) in [4.78, 5) is 0. The first-order chi connectivity index (χ1) is 10.1. The predicted octanol–water partition coefficient (Wildman–Crippen LogP) is 5.83. The van der Waals surface area contributed by atoms with Gasteiger partial charge in [-0.2, -0.15) is 0 Å². The molecule has 0 bridgehead atoms. The molecule has 0 aromatic heterocycles. The lowest BCUT2D eigenvalue weighted by molar-refractivity contribution is 0.310. The third kappa shape index (κ3) is 6.62. The zero-order valence-electron chi connectivity index (χ0n) is 12.4. The lowest BCUT2D eigenvalue weighted by Crippen LogP contribution is -2.05. The van der Waals surface area contributed by atoms with E-state index in [1.807, 2.05) is 6.08 Å². The van der Waals surface area contributed by atoms with Gasteiger partial charge in [-0.15, -0.1) is 11.6 Å². The Balaban J connectivity index is 2.91. The van der Waals surface area contributed by atoms with Crippen LogP contribution in [0.2, 0.25) is 0 Å². The van der Waals surface area contributed by atoms with Gasteiger partial charge >= 0.3 is 0 Å². The summed E-state index contributed by atoms with van der Waals surface area (Å²) < 4.78 is 12.6. The van der Waals surface area contributed by atoms with Gasteiger partial charge in [0.15, 0.2) is 0 Å². The number of rotatable bonds is 9. The fourth-order valence-corrected chi connectivity index (χ4v) is 2.32. The standard InChI is InChI=1S/C16H21Br2ClO2/c1-3-12-10-14(20-9-6-15(17)18)11-13(4-2)16(12)21-8-5-7-19/h6,10-11H,3-5,7-9H2,1-2H3. The van der Waals surface area contributed by atoms with Crippen LogP contribution in [0.1, 0.15) is 31.4 Å². The summed E-state index contributed by atoms with van der Waals surface area (Å²) in [6.07, 6.45) is 4.61. The van der Waals surface area contributed by atoms with Crippen LogP contribution in [-0.4, -0.2) is 19.1 Å². The largest absolute Gasteiger partial charge is 0.493 e. The van der Waals surface area contributed by atoms with Gasteiger partial charge in [-0.05, 0) is 80.5 Å². The molecule has 0 heterocycles. The van der Waals surface area contributed by atoms with Crippen LogP contribution < -0.4 is 9.47 Å². The Morgan fingerprint density at radius 1 is 1.14 bits per heavy atom. The zero-order valence-corrected chi connectivity index (χ0v) is 16.4. The molecular formula is C16H21Br2ClO2. The lowest BCUT2D eigenvalue weighted by atomic mass is 10.0. The van der Waals surface area contributed by atoms with E-state index < -0.39 is 0 Å². The number of halogens is 3. The van der Waals surface area contributed by atoms with Crippen LogP contribution >= 0.6 is 43.5 Å². The van der Waals surface area contributed by atoms with Crippen molar-refractivity contribution >= 4 is 43.5 Å². The molecule has 0 aliphatic carbocycles. The minimum absolute atomic E-state index is 0.518. The topological polar surface area (TPSA) is 18.5 Å². The third-order valence-corrected chi connectivity index (χ3v) is 3.90. The quantitative estimate of drug-likeness (QED) is 0.355. The van der Waals surface area contributed by atoms with Crippen LogP contribution in [0.25, 0.3) is 0 Å². The van der Waals surface area contributed by atoms with Crippen LogP contribution in [0.3, 0.4) is 0 Å². The molecule has 0 atom stereocenters. The van der Waals surface area contributed by atoms with Crippen molar-refractivity contribution in [1.29, 1.82) is 0 Å². The monoisotopic (exact) mass is 438 g/mol. The molecule has 118 valence electrons. The Morgan fingerprint density at radius 2 is 1.76 bits per heavy atom. The van der Waals surface area contributed by atoms with Crippen molar-refractivity contribution in [1.82, 2.24) is 0 Å². The Morgan fingerprint density at radius 3 is 2.24 bits per heavy atom. The molecule has 1 aromatic rings. The van der Waals surface area contributed by atoms with Gasteiger partial charge in [0.1, 0.15) is 18.1 Å². The number of alkyl halides is 1. The van der Waals surface area contributed by atoms with E-state index in [1.54, 1.807) is 0 Å². The predicted molar refractivity (Wildman–Crippen MR) is 97.5 cm³/mol. The average molecular weight is 441 g/mol. The summed E-state index contributed by atoms with van der Waals surface area (Å²) >= 11 is 12.3. The highest BCUT2D eigenvalue weighted by molar-refractivity contribution is 9.28. The molecule has 1 aromatic carbocycles. The summed E-state index contributed by atoms with van der Waals surface area (Å²) in [6, 6.07) is 4.12. The molecule has 21 heavy (non-hydrogen) atoms. The summed E-state index contributed by atoms with van der Waals surface area (Å²) in [5.41, 5.74) is 2.36. The molecule has 0 N–H and O–H groups in total. The number of benzene rings is 1. The molecular weight excluding hydrogens is 419 g/mol. The van der Waals surface area contributed by atoms with Crippen molar-refractivity contribution < 1.29 is 9.47 Å². The molecule has 0 saturated carbocycles. The van der Waals surface area contributed by atoms with Crippen LogP contribution in [0, 0.1) is 0 Å². The minimum Gasteiger partial charge on any atom is -0.493 e. The Kier molecular flexibility index (Phi) is 9.45. The smallest absolute Gasteiger partial charge is 0.125 e. The van der Waals surface area contributed by atoms with E-state index in [-0.39, 0.29) is 0 Å². The Hall–Kier alpha value is -0.190. The van der Waals surface area contributed by atoms with Crippen molar-refractivity contribution in [2.45, 2.75) is 33.1 Å². The SMILES string of the molecule is CCc1cc(OCC=C(Br)Br)cc(CC)c1OCCCCl. The van der Waals surface area contributed by atoms with Crippen molar-refractivity contribution in [2.24, 2.45) is 0 Å². The number of hydrogen-bond donors (Lipinski definition) is 0. The highest BCUT2D eigenvalue weighted by Gasteiger charge is 2.11. The highest BCUT2D eigenvalue weighted by Crippen LogP contribution is 2.31. The van der Waals surface area contributed by atoms with Gasteiger partial charge in [0.2, 0.25) is 0 Å². The lowest BCUT2D eigenvalue weighted by Gasteiger charge is -2.16. The van der Waals surface area contributed by atoms with Gasteiger partial charge in [0.05, 0.1) is 10.00 Å². The molecule has 0 unspecified atom stereocenters. The fourth-order valence-electron chi connectivity index (χ4n) is 1.95. The van der Waals surface area contributed by atoms with E-state index in [2.05, 4.69) is 57.8 Å². The molecule has 0 aliphatic rings. The Bertz CT molecular complexity index is 446. The summed E-state index contributed by atoms with van der Waals surface area (Å²) in [5, 5.41) is 0. The first kappa shape index (κ1) is 18.9. The second-order valence-electron chi connectivity index (χ2n) is 4.47. The van der Waals surface area contributed by atoms with Crippen molar-refractivity contribution in [2.75, 3.05) is 19.1 Å². The Labute approximate surface area is 149 Å². The van der Waals surface area contributed by atoms with E-state index in [4.69, 9.17) is 21.1 Å². The van der Waals surface area contributed by atoms with Gasteiger partial charge in [-0.1, -0.05) is 13.8 Å². The van der Waals surface area contributed by atoms with E-state index >= 15 is 0 Å². The average Bonchev–Trinajstić information content (AvgIpc) is 2.47. The van der Waals surface area contributed by atoms with Crippen LogP contribution in [0.5, 0.6) is 11.5 Å². The summed E-state index contributed by atoms with van der Waals surface area (Å²) in [6.45, 7) is 5.43. The molecule has 2 nitrogen and oxygen atoms in total. The van der Waals surface area contributed by atoms with E-state index in [0.29, 0.717) is 19.1 Å². The van der Waals surface area contributed by atoms with E-state index in [0.717, 1.165) is 34.2 Å². The second-order valence-corrected chi connectivity index (χ2v) is 7.62. The van der Waals surface area contributed by atoms with Gasteiger partial charge in [0.25, 0.3) is 0 Å².